The number of benzene rings is 2. The molecule has 0 spiro atoms. The van der Waals surface area contributed by atoms with Gasteiger partial charge in [-0.25, -0.2) is 4.90 Å². The van der Waals surface area contributed by atoms with Crippen LogP contribution in [0.15, 0.2) is 54.6 Å². The summed E-state index contributed by atoms with van der Waals surface area (Å²) >= 11 is 0. The second kappa shape index (κ2) is 8.25. The number of hydrogen-bond donors (Lipinski definition) is 0. The van der Waals surface area contributed by atoms with E-state index in [1.54, 1.807) is 0 Å². The van der Waals surface area contributed by atoms with Crippen LogP contribution in [-0.2, 0) is 22.6 Å². The van der Waals surface area contributed by atoms with Crippen molar-refractivity contribution in [1.29, 1.82) is 0 Å². The number of para-hydroxylation sites is 1. The minimum Gasteiger partial charge on any atom is -0.297 e. The average Bonchev–Trinajstić information content (AvgIpc) is 3.03. The second-order valence-electron chi connectivity index (χ2n) is 7.57. The van der Waals surface area contributed by atoms with Gasteiger partial charge in [0.1, 0.15) is 0 Å². The molecular formula is C23H27N3O2. The maximum absolute atomic E-state index is 13.1. The number of rotatable bonds is 5. The highest BCUT2D eigenvalue weighted by atomic mass is 16.2. The molecule has 0 N–H and O–H groups in total. The van der Waals surface area contributed by atoms with Crippen molar-refractivity contribution in [2.24, 2.45) is 0 Å². The molecule has 2 fully saturated rings. The first kappa shape index (κ1) is 18.8. The van der Waals surface area contributed by atoms with Crippen molar-refractivity contribution in [1.82, 2.24) is 9.80 Å². The minimum atomic E-state index is -0.323. The van der Waals surface area contributed by atoms with Crippen molar-refractivity contribution in [2.75, 3.05) is 31.1 Å². The van der Waals surface area contributed by atoms with E-state index in [0.29, 0.717) is 0 Å². The molecule has 2 heterocycles. The van der Waals surface area contributed by atoms with Crippen molar-refractivity contribution in [3.63, 3.8) is 0 Å². The molecule has 0 radical (unpaired) electrons. The Morgan fingerprint density at radius 2 is 1.57 bits per heavy atom. The van der Waals surface area contributed by atoms with Crippen LogP contribution in [0.1, 0.15) is 24.5 Å². The van der Waals surface area contributed by atoms with Crippen LogP contribution in [-0.4, -0.2) is 53.8 Å². The van der Waals surface area contributed by atoms with Gasteiger partial charge in [0.25, 0.3) is 5.91 Å². The normalized spacial score (nSPS) is 21.5. The molecule has 5 nitrogen and oxygen atoms in total. The van der Waals surface area contributed by atoms with E-state index in [9.17, 15) is 9.59 Å². The summed E-state index contributed by atoms with van der Waals surface area (Å²) in [5, 5.41) is 0. The molecule has 2 aliphatic heterocycles. The summed E-state index contributed by atoms with van der Waals surface area (Å²) in [6.45, 7) is 6.45. The summed E-state index contributed by atoms with van der Waals surface area (Å²) in [6.07, 6.45) is 1.09. The molecule has 2 aliphatic rings. The Hall–Kier alpha value is -2.50. The molecule has 2 amide bonds. The van der Waals surface area contributed by atoms with Crippen molar-refractivity contribution in [2.45, 2.75) is 32.4 Å². The molecular weight excluding hydrogens is 350 g/mol. The third-order valence-corrected chi connectivity index (χ3v) is 5.83. The van der Waals surface area contributed by atoms with Crippen LogP contribution < -0.4 is 4.90 Å². The maximum atomic E-state index is 13.1. The minimum absolute atomic E-state index is 0.0672. The molecule has 0 saturated carbocycles. The number of anilines is 1. The van der Waals surface area contributed by atoms with Gasteiger partial charge < -0.3 is 0 Å². The summed E-state index contributed by atoms with van der Waals surface area (Å²) in [5.41, 5.74) is 3.10. The lowest BCUT2D eigenvalue weighted by Gasteiger charge is -2.37. The van der Waals surface area contributed by atoms with Gasteiger partial charge in [0.15, 0.2) is 0 Å². The highest BCUT2D eigenvalue weighted by Crippen LogP contribution is 2.29. The number of hydrogen-bond acceptors (Lipinski definition) is 4. The van der Waals surface area contributed by atoms with Crippen molar-refractivity contribution < 1.29 is 9.59 Å². The van der Waals surface area contributed by atoms with Gasteiger partial charge in [-0.2, -0.15) is 0 Å². The molecule has 0 aliphatic carbocycles. The Bertz CT molecular complexity index is 844. The molecule has 0 aromatic heterocycles. The van der Waals surface area contributed by atoms with E-state index < -0.39 is 0 Å². The number of piperazine rings is 1. The Labute approximate surface area is 166 Å². The van der Waals surface area contributed by atoms with Crippen LogP contribution in [0.2, 0.25) is 0 Å². The molecule has 2 saturated heterocycles. The summed E-state index contributed by atoms with van der Waals surface area (Å²) in [4.78, 5) is 31.8. The molecule has 4 rings (SSSR count). The van der Waals surface area contributed by atoms with E-state index in [4.69, 9.17) is 0 Å². The van der Waals surface area contributed by atoms with Gasteiger partial charge in [-0.3, -0.25) is 19.4 Å². The predicted molar refractivity (Wildman–Crippen MR) is 110 cm³/mol. The largest absolute Gasteiger partial charge is 0.297 e. The predicted octanol–water partition coefficient (Wildman–Crippen LogP) is 2.70. The smallest absolute Gasteiger partial charge is 0.251 e. The Kier molecular flexibility index (Phi) is 5.55. The maximum Gasteiger partial charge on any atom is 0.251 e. The van der Waals surface area contributed by atoms with Crippen molar-refractivity contribution >= 4 is 17.5 Å². The number of aryl methyl sites for hydroxylation is 1. The fourth-order valence-corrected chi connectivity index (χ4v) is 4.26. The van der Waals surface area contributed by atoms with E-state index in [2.05, 4.69) is 34.1 Å². The lowest BCUT2D eigenvalue weighted by molar-refractivity contribution is -0.123. The van der Waals surface area contributed by atoms with Gasteiger partial charge in [0, 0.05) is 32.7 Å². The van der Waals surface area contributed by atoms with Gasteiger partial charge in [0.2, 0.25) is 5.91 Å². The van der Waals surface area contributed by atoms with Crippen LogP contribution in [0, 0.1) is 0 Å². The topological polar surface area (TPSA) is 43.9 Å². The standard InChI is InChI=1S/C23H27N3O2/c1-2-19-10-6-7-11-20(19)26-22(27)16-21(23(26)28)25-14-12-24(13-15-25)17-18-8-4-3-5-9-18/h3-11,21H,2,12-17H2,1H3/t21-/m1/s1. The lowest BCUT2D eigenvalue weighted by Crippen LogP contribution is -2.52. The second-order valence-corrected chi connectivity index (χ2v) is 7.57. The van der Waals surface area contributed by atoms with E-state index >= 15 is 0 Å². The summed E-state index contributed by atoms with van der Waals surface area (Å²) < 4.78 is 0. The van der Waals surface area contributed by atoms with Gasteiger partial charge >= 0.3 is 0 Å². The van der Waals surface area contributed by atoms with E-state index in [1.807, 2.05) is 37.3 Å². The Morgan fingerprint density at radius 1 is 0.893 bits per heavy atom. The molecule has 2 aromatic rings. The van der Waals surface area contributed by atoms with E-state index in [1.165, 1.54) is 10.5 Å². The van der Waals surface area contributed by atoms with Crippen LogP contribution >= 0.6 is 0 Å². The highest BCUT2D eigenvalue weighted by molar-refractivity contribution is 6.22. The number of carbonyl (C=O) groups excluding carboxylic acids is 2. The molecule has 0 unspecified atom stereocenters. The Balaban J connectivity index is 1.41. The molecule has 2 aromatic carbocycles. The van der Waals surface area contributed by atoms with Gasteiger partial charge in [0.05, 0.1) is 18.2 Å². The summed E-state index contributed by atoms with van der Waals surface area (Å²) in [5.74, 6) is -0.148. The number of carbonyl (C=O) groups is 2. The zero-order chi connectivity index (χ0) is 19.5. The fourth-order valence-electron chi connectivity index (χ4n) is 4.26. The van der Waals surface area contributed by atoms with Crippen molar-refractivity contribution in [3.05, 3.63) is 65.7 Å². The first-order chi connectivity index (χ1) is 13.7. The average molecular weight is 377 g/mol. The van der Waals surface area contributed by atoms with Crippen LogP contribution in [0.5, 0.6) is 0 Å². The zero-order valence-electron chi connectivity index (χ0n) is 16.4. The van der Waals surface area contributed by atoms with Gasteiger partial charge in [-0.05, 0) is 23.6 Å². The van der Waals surface area contributed by atoms with Crippen LogP contribution in [0.3, 0.4) is 0 Å². The summed E-state index contributed by atoms with van der Waals surface area (Å²) in [7, 11) is 0. The fraction of sp³-hybridized carbons (Fsp3) is 0.391. The number of amides is 2. The highest BCUT2D eigenvalue weighted by Gasteiger charge is 2.43. The molecule has 0 bridgehead atoms. The molecule has 146 valence electrons. The quantitative estimate of drug-likeness (QED) is 0.752. The van der Waals surface area contributed by atoms with Gasteiger partial charge in [-0.1, -0.05) is 55.5 Å². The first-order valence-corrected chi connectivity index (χ1v) is 10.1. The molecule has 28 heavy (non-hydrogen) atoms. The Morgan fingerprint density at radius 3 is 2.29 bits per heavy atom. The van der Waals surface area contributed by atoms with Gasteiger partial charge in [-0.15, -0.1) is 0 Å². The lowest BCUT2D eigenvalue weighted by atomic mass is 10.1. The third kappa shape index (κ3) is 3.73. The van der Waals surface area contributed by atoms with Crippen LogP contribution in [0.4, 0.5) is 5.69 Å². The third-order valence-electron chi connectivity index (χ3n) is 5.83. The SMILES string of the molecule is CCc1ccccc1N1C(=O)C[C@@H](N2CCN(Cc3ccccc3)CC2)C1=O. The number of imide groups is 1. The van der Waals surface area contributed by atoms with E-state index in [-0.39, 0.29) is 24.3 Å². The molecule has 1 atom stereocenters. The molecule has 5 heteroatoms. The summed E-state index contributed by atoms with van der Waals surface area (Å²) in [6, 6.07) is 17.9. The van der Waals surface area contributed by atoms with Crippen molar-refractivity contribution in [3.8, 4) is 0 Å². The monoisotopic (exact) mass is 377 g/mol. The first-order valence-electron chi connectivity index (χ1n) is 10.1. The van der Waals surface area contributed by atoms with Crippen LogP contribution in [0.25, 0.3) is 0 Å². The zero-order valence-corrected chi connectivity index (χ0v) is 16.4. The van der Waals surface area contributed by atoms with E-state index in [0.717, 1.165) is 50.4 Å². The number of nitrogens with zero attached hydrogens (tertiary/aromatic N) is 3.